The van der Waals surface area contributed by atoms with E-state index in [0.29, 0.717) is 19.4 Å². The number of esters is 1. The zero-order valence-corrected chi connectivity index (χ0v) is 50.8. The number of carbonyl (C=O) groups is 2. The number of aliphatic hydroxyl groups is 2. The second kappa shape index (κ2) is 64.9. The fourth-order valence-corrected chi connectivity index (χ4v) is 10.7. The smallest absolute Gasteiger partial charge is 0.305 e. The molecule has 0 bridgehead atoms. The number of ether oxygens (including phenoxy) is 1. The highest BCUT2D eigenvalue weighted by molar-refractivity contribution is 5.76. The molecular weight excluding hydrogens is 923 g/mol. The van der Waals surface area contributed by atoms with E-state index in [-0.39, 0.29) is 18.5 Å². The predicted octanol–water partition coefficient (Wildman–Crippen LogP) is 21.8. The van der Waals surface area contributed by atoms with Crippen molar-refractivity contribution < 1.29 is 24.5 Å². The molecule has 0 aliphatic heterocycles. The van der Waals surface area contributed by atoms with Crippen LogP contribution < -0.4 is 5.32 Å². The fourth-order valence-electron chi connectivity index (χ4n) is 10.7. The maximum Gasteiger partial charge on any atom is 0.305 e. The molecule has 0 aliphatic rings. The Morgan fingerprint density at radius 1 is 0.360 bits per heavy atom. The van der Waals surface area contributed by atoms with Crippen molar-refractivity contribution in [2.75, 3.05) is 13.2 Å². The quantitative estimate of drug-likeness (QED) is 0.0320. The first kappa shape index (κ1) is 73.3. The Hall–Kier alpha value is -1.66. The number of amides is 1. The van der Waals surface area contributed by atoms with Crippen LogP contribution in [0.15, 0.2) is 24.3 Å². The van der Waals surface area contributed by atoms with Crippen LogP contribution in [0.25, 0.3) is 0 Å². The molecule has 75 heavy (non-hydrogen) atoms. The highest BCUT2D eigenvalue weighted by atomic mass is 16.5. The van der Waals surface area contributed by atoms with Crippen LogP contribution in [0.4, 0.5) is 0 Å². The molecule has 1 amide bonds. The van der Waals surface area contributed by atoms with E-state index in [1.165, 1.54) is 315 Å². The molecule has 6 nitrogen and oxygen atoms in total. The molecule has 0 saturated heterocycles. The van der Waals surface area contributed by atoms with E-state index in [9.17, 15) is 19.8 Å². The van der Waals surface area contributed by atoms with Crippen molar-refractivity contribution in [1.29, 1.82) is 0 Å². The molecule has 0 heterocycles. The van der Waals surface area contributed by atoms with Gasteiger partial charge in [0, 0.05) is 12.8 Å². The second-order valence-corrected chi connectivity index (χ2v) is 23.5. The van der Waals surface area contributed by atoms with Gasteiger partial charge in [0.1, 0.15) is 0 Å². The molecule has 444 valence electrons. The molecule has 0 radical (unpaired) electrons. The maximum absolute atomic E-state index is 12.5. The van der Waals surface area contributed by atoms with Gasteiger partial charge in [-0.15, -0.1) is 0 Å². The minimum absolute atomic E-state index is 0.0168. The lowest BCUT2D eigenvalue weighted by Gasteiger charge is -2.20. The van der Waals surface area contributed by atoms with Crippen molar-refractivity contribution in [3.63, 3.8) is 0 Å². The maximum atomic E-state index is 12.5. The van der Waals surface area contributed by atoms with Crippen molar-refractivity contribution in [2.24, 2.45) is 0 Å². The largest absolute Gasteiger partial charge is 0.466 e. The molecule has 0 fully saturated rings. The molecule has 0 saturated carbocycles. The summed E-state index contributed by atoms with van der Waals surface area (Å²) in [6.45, 7) is 4.94. The Morgan fingerprint density at radius 2 is 0.627 bits per heavy atom. The van der Waals surface area contributed by atoms with Crippen LogP contribution in [0, 0.1) is 0 Å². The van der Waals surface area contributed by atoms with Crippen LogP contribution in [-0.2, 0) is 14.3 Å². The second-order valence-electron chi connectivity index (χ2n) is 23.5. The molecule has 3 N–H and O–H groups in total. The standard InChI is InChI=1S/C69H133NO5/c1-3-5-7-9-11-13-15-17-18-19-31-34-38-41-45-49-53-57-61-67(72)66(65-71)70-68(73)62-58-54-50-46-42-39-35-32-29-27-25-23-21-20-22-24-26-28-30-33-36-40-44-48-52-56-60-64-75-69(74)63-59-55-51-47-43-37-16-14-12-10-8-6-4-2/h20-21,57,61,66-67,71-72H,3-19,22-56,58-60,62-65H2,1-2H3,(H,70,73)/b21-20-,61-57+. The number of hydrogen-bond donors (Lipinski definition) is 3. The number of nitrogens with one attached hydrogen (secondary N) is 1. The van der Waals surface area contributed by atoms with Gasteiger partial charge >= 0.3 is 5.97 Å². The lowest BCUT2D eigenvalue weighted by Crippen LogP contribution is -2.45. The summed E-state index contributed by atoms with van der Waals surface area (Å²) < 4.78 is 5.49. The van der Waals surface area contributed by atoms with E-state index in [1.54, 1.807) is 6.08 Å². The van der Waals surface area contributed by atoms with Crippen LogP contribution in [0.3, 0.4) is 0 Å². The van der Waals surface area contributed by atoms with Gasteiger partial charge in [-0.05, 0) is 57.8 Å². The van der Waals surface area contributed by atoms with E-state index in [2.05, 4.69) is 31.3 Å². The van der Waals surface area contributed by atoms with Crippen molar-refractivity contribution in [3.8, 4) is 0 Å². The summed E-state index contributed by atoms with van der Waals surface area (Å²) in [6, 6.07) is -0.629. The van der Waals surface area contributed by atoms with Gasteiger partial charge in [0.25, 0.3) is 0 Å². The zero-order valence-electron chi connectivity index (χ0n) is 50.8. The molecule has 0 rings (SSSR count). The van der Waals surface area contributed by atoms with Crippen LogP contribution in [0.2, 0.25) is 0 Å². The lowest BCUT2D eigenvalue weighted by atomic mass is 10.0. The summed E-state index contributed by atoms with van der Waals surface area (Å²) in [7, 11) is 0. The number of unbranched alkanes of at least 4 members (excludes halogenated alkanes) is 51. The Balaban J connectivity index is 3.40. The third-order valence-electron chi connectivity index (χ3n) is 16.0. The lowest BCUT2D eigenvalue weighted by molar-refractivity contribution is -0.143. The Morgan fingerprint density at radius 3 is 0.947 bits per heavy atom. The fraction of sp³-hybridized carbons (Fsp3) is 0.913. The average Bonchev–Trinajstić information content (AvgIpc) is 3.41. The van der Waals surface area contributed by atoms with Crippen LogP contribution in [0.1, 0.15) is 380 Å². The monoisotopic (exact) mass is 1060 g/mol. The van der Waals surface area contributed by atoms with Gasteiger partial charge in [-0.25, -0.2) is 0 Å². The van der Waals surface area contributed by atoms with Crippen molar-refractivity contribution in [1.82, 2.24) is 5.32 Å². The van der Waals surface area contributed by atoms with Gasteiger partial charge in [0.05, 0.1) is 25.4 Å². The third kappa shape index (κ3) is 61.4. The summed E-state index contributed by atoms with van der Waals surface area (Å²) in [5, 5.41) is 23.2. The molecule has 2 unspecified atom stereocenters. The normalized spacial score (nSPS) is 12.6. The topological polar surface area (TPSA) is 95.9 Å². The highest BCUT2D eigenvalue weighted by Gasteiger charge is 2.18. The van der Waals surface area contributed by atoms with Gasteiger partial charge in [0.2, 0.25) is 5.91 Å². The minimum Gasteiger partial charge on any atom is -0.466 e. The number of rotatable bonds is 64. The molecular formula is C69H133NO5. The molecule has 0 aliphatic carbocycles. The zero-order chi connectivity index (χ0) is 54.3. The van der Waals surface area contributed by atoms with E-state index in [4.69, 9.17) is 4.74 Å². The Bertz CT molecular complexity index is 1170. The molecule has 2 atom stereocenters. The Labute approximate surface area is 469 Å². The number of allylic oxidation sites excluding steroid dienone is 3. The summed E-state index contributed by atoms with van der Waals surface area (Å²) in [4.78, 5) is 24.5. The third-order valence-corrected chi connectivity index (χ3v) is 16.0. The number of aliphatic hydroxyl groups excluding tert-OH is 2. The average molecular weight is 1060 g/mol. The van der Waals surface area contributed by atoms with Gasteiger partial charge < -0.3 is 20.3 Å². The van der Waals surface area contributed by atoms with Crippen molar-refractivity contribution in [2.45, 2.75) is 392 Å². The van der Waals surface area contributed by atoms with E-state index >= 15 is 0 Å². The van der Waals surface area contributed by atoms with Crippen molar-refractivity contribution in [3.05, 3.63) is 24.3 Å². The predicted molar refractivity (Wildman–Crippen MR) is 329 cm³/mol. The molecule has 0 aromatic heterocycles. The molecule has 6 heteroatoms. The van der Waals surface area contributed by atoms with Gasteiger partial charge in [-0.3, -0.25) is 9.59 Å². The minimum atomic E-state index is -0.845. The van der Waals surface area contributed by atoms with E-state index < -0.39 is 12.1 Å². The van der Waals surface area contributed by atoms with Crippen LogP contribution in [-0.4, -0.2) is 47.4 Å². The molecule has 0 aromatic rings. The van der Waals surface area contributed by atoms with Gasteiger partial charge in [-0.2, -0.15) is 0 Å². The van der Waals surface area contributed by atoms with Crippen LogP contribution in [0.5, 0.6) is 0 Å². The van der Waals surface area contributed by atoms with E-state index in [1.807, 2.05) is 6.08 Å². The SMILES string of the molecule is CCCCCCCCCCCCCCCCCC/C=C/C(O)C(CO)NC(=O)CCCCCCCCCCCCC/C=C\CCCCCCCCCCCCCCOC(=O)CCCCCCCCCCCCCCC. The summed E-state index contributed by atoms with van der Waals surface area (Å²) in [5.74, 6) is -0.0488. The summed E-state index contributed by atoms with van der Waals surface area (Å²) in [6.07, 6.45) is 81.0. The van der Waals surface area contributed by atoms with Gasteiger partial charge in [-0.1, -0.05) is 334 Å². The molecule has 0 aromatic carbocycles. The van der Waals surface area contributed by atoms with Crippen LogP contribution >= 0.6 is 0 Å². The molecule has 0 spiro atoms. The van der Waals surface area contributed by atoms with Crippen molar-refractivity contribution >= 4 is 11.9 Å². The van der Waals surface area contributed by atoms with E-state index in [0.717, 1.165) is 38.5 Å². The highest BCUT2D eigenvalue weighted by Crippen LogP contribution is 2.18. The first-order chi connectivity index (χ1) is 37.0. The van der Waals surface area contributed by atoms with Gasteiger partial charge in [0.15, 0.2) is 0 Å². The summed E-state index contributed by atoms with van der Waals surface area (Å²) >= 11 is 0. The summed E-state index contributed by atoms with van der Waals surface area (Å²) in [5.41, 5.74) is 0. The number of hydrogen-bond acceptors (Lipinski definition) is 5. The number of carbonyl (C=O) groups excluding carboxylic acids is 2. The Kier molecular flexibility index (Phi) is 63.4. The first-order valence-electron chi connectivity index (χ1n) is 34.1. The first-order valence-corrected chi connectivity index (χ1v) is 34.1.